The van der Waals surface area contributed by atoms with Crippen LogP contribution in [0.5, 0.6) is 17.2 Å². The first kappa shape index (κ1) is 14.9. The molecule has 0 saturated heterocycles. The number of ether oxygens (including phenoxy) is 3. The van der Waals surface area contributed by atoms with Gasteiger partial charge in [-0.15, -0.1) is 0 Å². The van der Waals surface area contributed by atoms with Crippen molar-refractivity contribution in [2.45, 2.75) is 37.5 Å². The number of hydrogen-bond acceptors (Lipinski definition) is 4. The third kappa shape index (κ3) is 2.17. The first-order valence-corrected chi connectivity index (χ1v) is 7.50. The fourth-order valence-corrected chi connectivity index (χ4v) is 3.44. The van der Waals surface area contributed by atoms with Crippen molar-refractivity contribution >= 4 is 5.97 Å². The van der Waals surface area contributed by atoms with Gasteiger partial charge in [0.05, 0.1) is 18.1 Å². The maximum absolute atomic E-state index is 14.9. The van der Waals surface area contributed by atoms with Crippen LogP contribution in [0.1, 0.15) is 37.7 Å². The van der Waals surface area contributed by atoms with Gasteiger partial charge in [-0.05, 0) is 12.8 Å². The topological polar surface area (TPSA) is 65.0 Å². The highest BCUT2D eigenvalue weighted by Gasteiger charge is 2.47. The predicted molar refractivity (Wildman–Crippen MR) is 76.3 cm³/mol. The van der Waals surface area contributed by atoms with E-state index in [1.165, 1.54) is 13.2 Å². The van der Waals surface area contributed by atoms with Crippen LogP contribution in [0.2, 0.25) is 0 Å². The Morgan fingerprint density at radius 2 is 1.95 bits per heavy atom. The van der Waals surface area contributed by atoms with E-state index in [1.807, 2.05) is 0 Å². The van der Waals surface area contributed by atoms with Crippen LogP contribution in [0.15, 0.2) is 6.07 Å². The Kier molecular flexibility index (Phi) is 3.85. The Balaban J connectivity index is 2.25. The molecule has 22 heavy (non-hydrogen) atoms. The molecule has 120 valence electrons. The summed E-state index contributed by atoms with van der Waals surface area (Å²) < 4.78 is 31.1. The molecule has 0 bridgehead atoms. The minimum absolute atomic E-state index is 0.00884. The van der Waals surface area contributed by atoms with E-state index in [2.05, 4.69) is 0 Å². The normalized spacial score (nSPS) is 19.5. The van der Waals surface area contributed by atoms with Gasteiger partial charge in [-0.3, -0.25) is 4.79 Å². The third-order valence-electron chi connectivity index (χ3n) is 4.55. The fraction of sp³-hybridized carbons (Fsp3) is 0.562. The van der Waals surface area contributed by atoms with Crippen molar-refractivity contribution in [3.63, 3.8) is 0 Å². The van der Waals surface area contributed by atoms with Gasteiger partial charge in [0.1, 0.15) is 13.2 Å². The average Bonchev–Trinajstić information content (AvgIpc) is 2.54. The van der Waals surface area contributed by atoms with Crippen LogP contribution < -0.4 is 14.2 Å². The summed E-state index contributed by atoms with van der Waals surface area (Å²) in [5.74, 6) is -1.11. The Morgan fingerprint density at radius 1 is 1.27 bits per heavy atom. The standard InChI is InChI=1S/C16H19FO5/c1-20-10-9-11-14(22-8-7-21-11)12(13(10)17)16(15(18)19)5-3-2-4-6-16/h9H,2-8H2,1H3,(H,18,19). The van der Waals surface area contributed by atoms with Gasteiger partial charge in [0.25, 0.3) is 0 Å². The molecule has 0 atom stereocenters. The Hall–Kier alpha value is -1.98. The van der Waals surface area contributed by atoms with Crippen LogP contribution in [-0.2, 0) is 10.2 Å². The Morgan fingerprint density at radius 3 is 2.59 bits per heavy atom. The number of rotatable bonds is 3. The minimum Gasteiger partial charge on any atom is -0.494 e. The maximum atomic E-state index is 14.9. The summed E-state index contributed by atoms with van der Waals surface area (Å²) in [7, 11) is 1.35. The van der Waals surface area contributed by atoms with Gasteiger partial charge in [0.2, 0.25) is 0 Å². The van der Waals surface area contributed by atoms with Gasteiger partial charge < -0.3 is 19.3 Å². The molecule has 1 heterocycles. The third-order valence-corrected chi connectivity index (χ3v) is 4.55. The van der Waals surface area contributed by atoms with Crippen molar-refractivity contribution in [2.75, 3.05) is 20.3 Å². The van der Waals surface area contributed by atoms with E-state index >= 15 is 0 Å². The summed E-state index contributed by atoms with van der Waals surface area (Å²) in [6, 6.07) is 1.42. The zero-order valence-electron chi connectivity index (χ0n) is 12.5. The van der Waals surface area contributed by atoms with Crippen molar-refractivity contribution in [1.82, 2.24) is 0 Å². The first-order chi connectivity index (χ1) is 10.6. The summed E-state index contributed by atoms with van der Waals surface area (Å²) in [5, 5.41) is 9.83. The number of carbonyl (C=O) groups is 1. The van der Waals surface area contributed by atoms with Crippen molar-refractivity contribution in [2.24, 2.45) is 0 Å². The fourth-order valence-electron chi connectivity index (χ4n) is 3.44. The summed E-state index contributed by atoms with van der Waals surface area (Å²) in [5.41, 5.74) is -1.20. The van der Waals surface area contributed by atoms with E-state index in [-0.39, 0.29) is 23.7 Å². The second kappa shape index (κ2) is 5.66. The SMILES string of the molecule is COc1cc2c(c(C3(C(=O)O)CCCCC3)c1F)OCCO2. The van der Waals surface area contributed by atoms with Gasteiger partial charge in [-0.25, -0.2) is 4.39 Å². The lowest BCUT2D eigenvalue weighted by Gasteiger charge is -2.36. The maximum Gasteiger partial charge on any atom is 0.314 e. The highest BCUT2D eigenvalue weighted by Crippen LogP contribution is 2.51. The lowest BCUT2D eigenvalue weighted by atomic mass is 9.68. The molecular weight excluding hydrogens is 291 g/mol. The van der Waals surface area contributed by atoms with Crippen molar-refractivity contribution in [1.29, 1.82) is 0 Å². The van der Waals surface area contributed by atoms with Crippen LogP contribution in [-0.4, -0.2) is 31.4 Å². The smallest absolute Gasteiger partial charge is 0.314 e. The van der Waals surface area contributed by atoms with E-state index in [0.29, 0.717) is 25.2 Å². The molecule has 1 N–H and O–H groups in total. The molecular formula is C16H19FO5. The monoisotopic (exact) mass is 310 g/mol. The van der Waals surface area contributed by atoms with E-state index < -0.39 is 17.2 Å². The Bertz CT molecular complexity index is 593. The molecule has 3 rings (SSSR count). The molecule has 1 saturated carbocycles. The number of hydrogen-bond donors (Lipinski definition) is 1. The summed E-state index contributed by atoms with van der Waals surface area (Å²) in [6.45, 7) is 0.628. The van der Waals surface area contributed by atoms with E-state index in [0.717, 1.165) is 19.3 Å². The zero-order chi connectivity index (χ0) is 15.7. The molecule has 1 aliphatic carbocycles. The summed E-state index contributed by atoms with van der Waals surface area (Å²) in [6.07, 6.45) is 3.24. The van der Waals surface area contributed by atoms with Crippen LogP contribution in [0.3, 0.4) is 0 Å². The quantitative estimate of drug-likeness (QED) is 0.930. The van der Waals surface area contributed by atoms with Crippen LogP contribution in [0.4, 0.5) is 4.39 Å². The first-order valence-electron chi connectivity index (χ1n) is 7.50. The predicted octanol–water partition coefficient (Wildman–Crippen LogP) is 2.89. The molecule has 1 aromatic rings. The summed E-state index contributed by atoms with van der Waals surface area (Å²) >= 11 is 0. The number of aliphatic carboxylic acids is 1. The van der Waals surface area contributed by atoms with Crippen molar-refractivity contribution in [3.05, 3.63) is 17.4 Å². The van der Waals surface area contributed by atoms with E-state index in [1.54, 1.807) is 0 Å². The number of methoxy groups -OCH3 is 1. The molecule has 0 unspecified atom stereocenters. The second-order valence-electron chi connectivity index (χ2n) is 5.74. The highest BCUT2D eigenvalue weighted by molar-refractivity contribution is 5.84. The molecule has 1 aliphatic heterocycles. The van der Waals surface area contributed by atoms with Crippen molar-refractivity contribution < 1.29 is 28.5 Å². The number of benzene rings is 1. The lowest BCUT2D eigenvalue weighted by Crippen LogP contribution is -2.39. The van der Waals surface area contributed by atoms with Gasteiger partial charge in [0.15, 0.2) is 23.1 Å². The second-order valence-corrected chi connectivity index (χ2v) is 5.74. The lowest BCUT2D eigenvalue weighted by molar-refractivity contribution is -0.145. The van der Waals surface area contributed by atoms with Gasteiger partial charge in [-0.2, -0.15) is 0 Å². The van der Waals surface area contributed by atoms with Crippen LogP contribution in [0.25, 0.3) is 0 Å². The molecule has 0 aromatic heterocycles. The number of carboxylic acids is 1. The van der Waals surface area contributed by atoms with Crippen LogP contribution >= 0.6 is 0 Å². The molecule has 5 nitrogen and oxygen atoms in total. The minimum atomic E-state index is -1.28. The van der Waals surface area contributed by atoms with Gasteiger partial charge >= 0.3 is 5.97 Å². The van der Waals surface area contributed by atoms with Crippen LogP contribution in [0, 0.1) is 5.82 Å². The van der Waals surface area contributed by atoms with E-state index in [4.69, 9.17) is 14.2 Å². The van der Waals surface area contributed by atoms with E-state index in [9.17, 15) is 14.3 Å². The average molecular weight is 310 g/mol. The molecule has 2 aliphatic rings. The van der Waals surface area contributed by atoms with Gasteiger partial charge in [0, 0.05) is 6.07 Å². The van der Waals surface area contributed by atoms with Gasteiger partial charge in [-0.1, -0.05) is 19.3 Å². The molecule has 6 heteroatoms. The molecule has 1 aromatic carbocycles. The molecule has 0 spiro atoms. The number of carboxylic acid groups (broad SMARTS) is 1. The Labute approximate surface area is 128 Å². The highest BCUT2D eigenvalue weighted by atomic mass is 19.1. The zero-order valence-corrected chi connectivity index (χ0v) is 12.5. The summed E-state index contributed by atoms with van der Waals surface area (Å²) in [4.78, 5) is 12.0. The molecule has 0 radical (unpaired) electrons. The van der Waals surface area contributed by atoms with Crippen molar-refractivity contribution in [3.8, 4) is 17.2 Å². The molecule has 1 fully saturated rings. The number of fused-ring (bicyclic) bond motifs is 1. The molecule has 0 amide bonds. The number of halogens is 1. The largest absolute Gasteiger partial charge is 0.494 e.